The van der Waals surface area contributed by atoms with Crippen molar-refractivity contribution in [3.05, 3.63) is 0 Å². The van der Waals surface area contributed by atoms with Crippen LogP contribution in [0.25, 0.3) is 0 Å². The molecule has 0 radical (unpaired) electrons. The van der Waals surface area contributed by atoms with Crippen LogP contribution in [-0.2, 0) is 14.6 Å². The highest BCUT2D eigenvalue weighted by atomic mass is 32.2. The van der Waals surface area contributed by atoms with Gasteiger partial charge in [0.05, 0.1) is 23.2 Å². The van der Waals surface area contributed by atoms with Crippen LogP contribution in [-0.4, -0.2) is 31.6 Å². The van der Waals surface area contributed by atoms with Crippen LogP contribution in [0, 0.1) is 0 Å². The summed E-state index contributed by atoms with van der Waals surface area (Å²) in [6.07, 6.45) is 2.93. The normalized spacial score (nSPS) is 44.6. The zero-order valence-electron chi connectivity index (χ0n) is 7.19. The number of sulfone groups is 1. The topological polar surface area (TPSA) is 46.7 Å². The van der Waals surface area contributed by atoms with Gasteiger partial charge in [0.2, 0.25) is 0 Å². The van der Waals surface area contributed by atoms with Crippen LogP contribution in [0.1, 0.15) is 26.2 Å². The van der Waals surface area contributed by atoms with E-state index in [1.54, 1.807) is 0 Å². The largest absolute Gasteiger partial charge is 0.370 e. The molecule has 2 aliphatic heterocycles. The summed E-state index contributed by atoms with van der Waals surface area (Å²) in [6.45, 7) is 1.99. The Labute approximate surface area is 73.0 Å². The molecule has 2 rings (SSSR count). The first-order valence-corrected chi connectivity index (χ1v) is 6.18. The summed E-state index contributed by atoms with van der Waals surface area (Å²) >= 11 is 0. The molecule has 3 unspecified atom stereocenters. The van der Waals surface area contributed by atoms with E-state index in [1.807, 2.05) is 6.92 Å². The van der Waals surface area contributed by atoms with E-state index in [0.717, 1.165) is 19.3 Å². The molecule has 0 amide bonds. The standard InChI is InChI=1S/C8H14O3S/c1-6-8(11-6)5-7-3-2-4-12(7,9)10/h6-8H,2-5H2,1H3. The first-order chi connectivity index (χ1) is 5.59. The Hall–Kier alpha value is -0.0900. The van der Waals surface area contributed by atoms with E-state index >= 15 is 0 Å². The lowest BCUT2D eigenvalue weighted by Crippen LogP contribution is -2.18. The smallest absolute Gasteiger partial charge is 0.153 e. The van der Waals surface area contributed by atoms with Crippen LogP contribution in [0.15, 0.2) is 0 Å². The Morgan fingerprint density at radius 2 is 2.17 bits per heavy atom. The second-order valence-electron chi connectivity index (χ2n) is 3.75. The highest BCUT2D eigenvalue weighted by Gasteiger charge is 2.41. The van der Waals surface area contributed by atoms with Gasteiger partial charge in [-0.15, -0.1) is 0 Å². The van der Waals surface area contributed by atoms with Crippen molar-refractivity contribution in [2.24, 2.45) is 0 Å². The van der Waals surface area contributed by atoms with E-state index in [0.29, 0.717) is 11.9 Å². The zero-order valence-corrected chi connectivity index (χ0v) is 8.01. The van der Waals surface area contributed by atoms with E-state index in [4.69, 9.17) is 4.74 Å². The van der Waals surface area contributed by atoms with Gasteiger partial charge in [0.1, 0.15) is 0 Å². The molecule has 0 bridgehead atoms. The van der Waals surface area contributed by atoms with Crippen molar-refractivity contribution in [2.45, 2.75) is 43.6 Å². The second-order valence-corrected chi connectivity index (χ2v) is 6.15. The fourth-order valence-electron chi connectivity index (χ4n) is 1.86. The summed E-state index contributed by atoms with van der Waals surface area (Å²) in [7, 11) is -2.75. The quantitative estimate of drug-likeness (QED) is 0.603. The van der Waals surface area contributed by atoms with Gasteiger partial charge in [-0.05, 0) is 26.2 Å². The van der Waals surface area contributed by atoms with Crippen molar-refractivity contribution in [3.8, 4) is 0 Å². The lowest BCUT2D eigenvalue weighted by molar-refractivity contribution is 0.366. The van der Waals surface area contributed by atoms with E-state index in [1.165, 1.54) is 0 Å². The Bertz CT molecular complexity index is 270. The third kappa shape index (κ3) is 1.50. The van der Waals surface area contributed by atoms with Crippen LogP contribution in [0.2, 0.25) is 0 Å². The second kappa shape index (κ2) is 2.70. The van der Waals surface area contributed by atoms with E-state index in [9.17, 15) is 8.42 Å². The summed E-state index contributed by atoms with van der Waals surface area (Å²) in [5, 5.41) is -0.104. The van der Waals surface area contributed by atoms with E-state index in [2.05, 4.69) is 0 Å². The van der Waals surface area contributed by atoms with Gasteiger partial charge < -0.3 is 4.74 Å². The maximum atomic E-state index is 11.4. The zero-order chi connectivity index (χ0) is 8.77. The minimum atomic E-state index is -2.75. The first kappa shape index (κ1) is 8.51. The summed E-state index contributed by atoms with van der Waals surface area (Å²) in [5.41, 5.74) is 0. The number of epoxide rings is 1. The van der Waals surface area contributed by atoms with Gasteiger partial charge in [-0.3, -0.25) is 0 Å². The van der Waals surface area contributed by atoms with Crippen LogP contribution < -0.4 is 0 Å². The third-order valence-corrected chi connectivity index (χ3v) is 5.10. The average molecular weight is 190 g/mol. The fourth-order valence-corrected chi connectivity index (χ4v) is 3.77. The molecular formula is C8H14O3S. The van der Waals surface area contributed by atoms with Gasteiger partial charge in [-0.25, -0.2) is 8.42 Å². The minimum Gasteiger partial charge on any atom is -0.370 e. The molecule has 12 heavy (non-hydrogen) atoms. The van der Waals surface area contributed by atoms with E-state index in [-0.39, 0.29) is 11.4 Å². The van der Waals surface area contributed by atoms with Crippen LogP contribution in [0.5, 0.6) is 0 Å². The molecule has 0 aromatic heterocycles. The molecule has 2 heterocycles. The molecule has 0 aromatic carbocycles. The number of ether oxygens (including phenoxy) is 1. The third-order valence-electron chi connectivity index (χ3n) is 2.79. The summed E-state index contributed by atoms with van der Waals surface area (Å²) in [4.78, 5) is 0. The average Bonchev–Trinajstić information content (AvgIpc) is 2.53. The van der Waals surface area contributed by atoms with Crippen molar-refractivity contribution >= 4 is 9.84 Å². The summed E-state index contributed by atoms with van der Waals surface area (Å²) in [5.74, 6) is 0.388. The maximum absolute atomic E-state index is 11.4. The van der Waals surface area contributed by atoms with Crippen molar-refractivity contribution in [2.75, 3.05) is 5.75 Å². The van der Waals surface area contributed by atoms with Gasteiger partial charge in [-0.2, -0.15) is 0 Å². The molecule has 2 fully saturated rings. The molecule has 0 saturated carbocycles. The van der Waals surface area contributed by atoms with Gasteiger partial charge in [0.15, 0.2) is 9.84 Å². The van der Waals surface area contributed by atoms with Gasteiger partial charge in [0.25, 0.3) is 0 Å². The van der Waals surface area contributed by atoms with Gasteiger partial charge >= 0.3 is 0 Å². The first-order valence-electron chi connectivity index (χ1n) is 4.46. The molecule has 0 aliphatic carbocycles. The predicted molar refractivity (Wildman–Crippen MR) is 45.8 cm³/mol. The maximum Gasteiger partial charge on any atom is 0.153 e. The number of hydrogen-bond acceptors (Lipinski definition) is 3. The highest BCUT2D eigenvalue weighted by molar-refractivity contribution is 7.92. The molecule has 2 aliphatic rings. The van der Waals surface area contributed by atoms with Crippen LogP contribution in [0.4, 0.5) is 0 Å². The minimum absolute atomic E-state index is 0.104. The fraction of sp³-hybridized carbons (Fsp3) is 1.00. The Balaban J connectivity index is 1.96. The van der Waals surface area contributed by atoms with Crippen LogP contribution in [0.3, 0.4) is 0 Å². The Kier molecular flexibility index (Phi) is 1.92. The highest BCUT2D eigenvalue weighted by Crippen LogP contribution is 2.32. The molecule has 0 N–H and O–H groups in total. The van der Waals surface area contributed by atoms with Crippen molar-refractivity contribution in [1.29, 1.82) is 0 Å². The van der Waals surface area contributed by atoms with Crippen molar-refractivity contribution < 1.29 is 13.2 Å². The lowest BCUT2D eigenvalue weighted by atomic mass is 10.1. The monoisotopic (exact) mass is 190 g/mol. The summed E-state index contributed by atoms with van der Waals surface area (Å²) < 4.78 is 28.0. The molecule has 3 nitrogen and oxygen atoms in total. The Morgan fingerprint density at radius 1 is 1.50 bits per heavy atom. The Morgan fingerprint density at radius 3 is 2.58 bits per heavy atom. The van der Waals surface area contributed by atoms with E-state index < -0.39 is 9.84 Å². The van der Waals surface area contributed by atoms with Gasteiger partial charge in [0, 0.05) is 0 Å². The number of hydrogen-bond donors (Lipinski definition) is 0. The molecule has 3 atom stereocenters. The van der Waals surface area contributed by atoms with Gasteiger partial charge in [-0.1, -0.05) is 0 Å². The van der Waals surface area contributed by atoms with Crippen molar-refractivity contribution in [3.63, 3.8) is 0 Å². The molecule has 4 heteroatoms. The predicted octanol–water partition coefficient (Wildman–Crippen LogP) is 0.741. The molecule has 0 aromatic rings. The molecular weight excluding hydrogens is 176 g/mol. The number of rotatable bonds is 2. The molecule has 0 spiro atoms. The van der Waals surface area contributed by atoms with Crippen LogP contribution >= 0.6 is 0 Å². The summed E-state index contributed by atoms with van der Waals surface area (Å²) in [6, 6.07) is 0. The van der Waals surface area contributed by atoms with Crippen molar-refractivity contribution in [1.82, 2.24) is 0 Å². The SMILES string of the molecule is CC1OC1CC1CCCS1(=O)=O. The molecule has 70 valence electrons. The molecule has 2 saturated heterocycles. The lowest BCUT2D eigenvalue weighted by Gasteiger charge is -2.05.